The molecule has 0 spiro atoms. The zero-order valence-corrected chi connectivity index (χ0v) is 13.3. The highest BCUT2D eigenvalue weighted by Crippen LogP contribution is 2.26. The third-order valence-electron chi connectivity index (χ3n) is 2.85. The zero-order chi connectivity index (χ0) is 15.9. The minimum absolute atomic E-state index is 0.0590. The molecule has 3 N–H and O–H groups in total. The van der Waals surface area contributed by atoms with Gasteiger partial charge in [0, 0.05) is 36.5 Å². The van der Waals surface area contributed by atoms with Crippen molar-refractivity contribution in [3.8, 4) is 11.3 Å². The molecule has 0 radical (unpaired) electrons. The van der Waals surface area contributed by atoms with Gasteiger partial charge in [-0.05, 0) is 19.2 Å². The van der Waals surface area contributed by atoms with Gasteiger partial charge in [-0.25, -0.2) is 4.98 Å². The van der Waals surface area contributed by atoms with Crippen molar-refractivity contribution in [2.75, 3.05) is 24.2 Å². The molecule has 0 saturated heterocycles. The summed E-state index contributed by atoms with van der Waals surface area (Å²) in [5.41, 5.74) is 2.47. The molecule has 1 aromatic heterocycles. The van der Waals surface area contributed by atoms with E-state index in [0.29, 0.717) is 18.1 Å². The van der Waals surface area contributed by atoms with Crippen LogP contribution in [0.2, 0.25) is 0 Å². The summed E-state index contributed by atoms with van der Waals surface area (Å²) in [6, 6.07) is 7.41. The summed E-state index contributed by atoms with van der Waals surface area (Å²) in [5, 5.41) is 10.9. The van der Waals surface area contributed by atoms with Crippen LogP contribution in [0.15, 0.2) is 29.6 Å². The van der Waals surface area contributed by atoms with Crippen LogP contribution in [0.5, 0.6) is 0 Å². The van der Waals surface area contributed by atoms with Crippen molar-refractivity contribution in [2.24, 2.45) is 0 Å². The zero-order valence-electron chi connectivity index (χ0n) is 12.5. The highest BCUT2D eigenvalue weighted by Gasteiger charge is 2.08. The van der Waals surface area contributed by atoms with Gasteiger partial charge in [0.15, 0.2) is 5.13 Å². The number of nitrogens with zero attached hydrogens (tertiary/aromatic N) is 1. The third-order valence-corrected chi connectivity index (χ3v) is 3.61. The van der Waals surface area contributed by atoms with E-state index in [4.69, 9.17) is 0 Å². The Kier molecular flexibility index (Phi) is 5.62. The Balaban J connectivity index is 2.01. The van der Waals surface area contributed by atoms with Crippen LogP contribution < -0.4 is 16.0 Å². The van der Waals surface area contributed by atoms with Crippen LogP contribution >= 0.6 is 11.3 Å². The monoisotopic (exact) mass is 318 g/mol. The van der Waals surface area contributed by atoms with E-state index in [2.05, 4.69) is 20.9 Å². The number of benzene rings is 1. The van der Waals surface area contributed by atoms with Crippen molar-refractivity contribution in [1.82, 2.24) is 10.3 Å². The first-order valence-electron chi connectivity index (χ1n) is 6.86. The Hall–Kier alpha value is -2.25. The maximum absolute atomic E-state index is 11.6. The van der Waals surface area contributed by atoms with Crippen molar-refractivity contribution >= 4 is 34.0 Å². The van der Waals surface area contributed by atoms with Crippen molar-refractivity contribution in [3.63, 3.8) is 0 Å². The average molecular weight is 318 g/mol. The Bertz CT molecular complexity index is 652. The number of anilines is 2. The van der Waals surface area contributed by atoms with Crippen molar-refractivity contribution < 1.29 is 9.59 Å². The Morgan fingerprint density at radius 1 is 1.18 bits per heavy atom. The lowest BCUT2D eigenvalue weighted by molar-refractivity contribution is -0.116. The molecule has 116 valence electrons. The largest absolute Gasteiger partial charge is 0.326 e. The lowest BCUT2D eigenvalue weighted by Crippen LogP contribution is -2.18. The molecule has 0 atom stereocenters. The summed E-state index contributed by atoms with van der Waals surface area (Å²) in [5.74, 6) is -0.163. The molecule has 0 bridgehead atoms. The van der Waals surface area contributed by atoms with Gasteiger partial charge < -0.3 is 16.0 Å². The fourth-order valence-electron chi connectivity index (χ4n) is 1.81. The number of carbonyl (C=O) groups excluding carboxylic acids is 2. The predicted octanol–water partition coefficient (Wildman–Crippen LogP) is 2.32. The van der Waals surface area contributed by atoms with E-state index in [-0.39, 0.29) is 11.8 Å². The second kappa shape index (κ2) is 7.67. The van der Waals surface area contributed by atoms with Crippen LogP contribution in [-0.4, -0.2) is 30.4 Å². The maximum Gasteiger partial charge on any atom is 0.227 e. The fourth-order valence-corrected chi connectivity index (χ4v) is 2.55. The van der Waals surface area contributed by atoms with E-state index in [9.17, 15) is 9.59 Å². The van der Waals surface area contributed by atoms with E-state index < -0.39 is 0 Å². The second-order valence-electron chi connectivity index (χ2n) is 4.70. The Morgan fingerprint density at radius 2 is 1.91 bits per heavy atom. The van der Waals surface area contributed by atoms with Gasteiger partial charge in [-0.15, -0.1) is 11.3 Å². The van der Waals surface area contributed by atoms with Crippen LogP contribution in [0.4, 0.5) is 10.8 Å². The van der Waals surface area contributed by atoms with E-state index >= 15 is 0 Å². The van der Waals surface area contributed by atoms with E-state index in [1.165, 1.54) is 18.3 Å². The molecule has 0 aliphatic heterocycles. The molecular weight excluding hydrogens is 300 g/mol. The molecule has 6 nitrogen and oxygen atoms in total. The lowest BCUT2D eigenvalue weighted by Gasteiger charge is -2.03. The van der Waals surface area contributed by atoms with Gasteiger partial charge in [0.25, 0.3) is 0 Å². The molecule has 1 aromatic carbocycles. The Labute approximate surface area is 133 Å². The SMILES string of the molecule is CNCCC(=O)Nc1nc(-c2ccc(NC(C)=O)cc2)cs1. The van der Waals surface area contributed by atoms with Crippen LogP contribution in [0.1, 0.15) is 13.3 Å². The van der Waals surface area contributed by atoms with Gasteiger partial charge in [0.2, 0.25) is 11.8 Å². The lowest BCUT2D eigenvalue weighted by atomic mass is 10.1. The number of aromatic nitrogens is 1. The highest BCUT2D eigenvalue weighted by molar-refractivity contribution is 7.14. The summed E-state index contributed by atoms with van der Waals surface area (Å²) in [6.07, 6.45) is 0.414. The summed E-state index contributed by atoms with van der Waals surface area (Å²) < 4.78 is 0. The number of nitrogens with one attached hydrogen (secondary N) is 3. The van der Waals surface area contributed by atoms with Gasteiger partial charge in [0.05, 0.1) is 5.69 Å². The number of hydrogen-bond acceptors (Lipinski definition) is 5. The molecule has 2 aromatic rings. The molecule has 2 amide bonds. The number of amides is 2. The first kappa shape index (κ1) is 16.1. The normalized spacial score (nSPS) is 10.3. The van der Waals surface area contributed by atoms with Gasteiger partial charge in [0.1, 0.15) is 0 Å². The molecule has 7 heteroatoms. The van der Waals surface area contributed by atoms with Crippen LogP contribution in [0.25, 0.3) is 11.3 Å². The third kappa shape index (κ3) is 4.64. The van der Waals surface area contributed by atoms with Gasteiger partial charge in [-0.1, -0.05) is 12.1 Å². The summed E-state index contributed by atoms with van der Waals surface area (Å²) in [7, 11) is 1.80. The molecule has 1 heterocycles. The smallest absolute Gasteiger partial charge is 0.227 e. The van der Waals surface area contributed by atoms with E-state index in [1.54, 1.807) is 7.05 Å². The number of thiazole rings is 1. The first-order chi connectivity index (χ1) is 10.6. The molecule has 0 unspecified atom stereocenters. The number of hydrogen-bond donors (Lipinski definition) is 3. The predicted molar refractivity (Wildman–Crippen MR) is 89.0 cm³/mol. The molecular formula is C15H18N4O2S. The van der Waals surface area contributed by atoms with Crippen molar-refractivity contribution in [2.45, 2.75) is 13.3 Å². The molecule has 0 fully saturated rings. The van der Waals surface area contributed by atoms with Crippen molar-refractivity contribution in [1.29, 1.82) is 0 Å². The molecule has 0 aliphatic carbocycles. The molecule has 0 aliphatic rings. The van der Waals surface area contributed by atoms with Gasteiger partial charge >= 0.3 is 0 Å². The standard InChI is InChI=1S/C15H18N4O2S/c1-10(20)17-12-5-3-11(4-6-12)13-9-22-15(18-13)19-14(21)7-8-16-2/h3-6,9,16H,7-8H2,1-2H3,(H,17,20)(H,18,19,21). The summed E-state index contributed by atoms with van der Waals surface area (Å²) in [4.78, 5) is 27.0. The minimum Gasteiger partial charge on any atom is -0.326 e. The topological polar surface area (TPSA) is 83.1 Å². The minimum atomic E-state index is -0.104. The van der Waals surface area contributed by atoms with Crippen LogP contribution in [-0.2, 0) is 9.59 Å². The molecule has 22 heavy (non-hydrogen) atoms. The van der Waals surface area contributed by atoms with Crippen molar-refractivity contribution in [3.05, 3.63) is 29.6 Å². The first-order valence-corrected chi connectivity index (χ1v) is 7.74. The van der Waals surface area contributed by atoms with E-state index in [1.807, 2.05) is 29.6 Å². The number of rotatable bonds is 6. The number of carbonyl (C=O) groups is 2. The van der Waals surface area contributed by atoms with Gasteiger partial charge in [-0.3, -0.25) is 9.59 Å². The van der Waals surface area contributed by atoms with Crippen LogP contribution in [0, 0.1) is 0 Å². The summed E-state index contributed by atoms with van der Waals surface area (Å²) in [6.45, 7) is 2.10. The Morgan fingerprint density at radius 3 is 2.55 bits per heavy atom. The second-order valence-corrected chi connectivity index (χ2v) is 5.56. The van der Waals surface area contributed by atoms with Gasteiger partial charge in [-0.2, -0.15) is 0 Å². The molecule has 0 saturated carbocycles. The van der Waals surface area contributed by atoms with Crippen LogP contribution in [0.3, 0.4) is 0 Å². The summed E-state index contributed by atoms with van der Waals surface area (Å²) >= 11 is 1.39. The molecule has 2 rings (SSSR count). The van der Waals surface area contributed by atoms with E-state index in [0.717, 1.165) is 16.9 Å². The highest BCUT2D eigenvalue weighted by atomic mass is 32.1. The average Bonchev–Trinajstić information content (AvgIpc) is 2.93. The quantitative estimate of drug-likeness (QED) is 0.763. The maximum atomic E-state index is 11.6. The fraction of sp³-hybridized carbons (Fsp3) is 0.267.